The molecule has 1 aromatic heterocycles. The number of hydrogen-bond acceptors (Lipinski definition) is 5. The van der Waals surface area contributed by atoms with E-state index in [2.05, 4.69) is 39.7 Å². The van der Waals surface area contributed by atoms with Crippen molar-refractivity contribution in [2.45, 2.75) is 26.4 Å². The van der Waals surface area contributed by atoms with Crippen molar-refractivity contribution in [1.29, 1.82) is 0 Å². The van der Waals surface area contributed by atoms with E-state index < -0.39 is 11.7 Å². The van der Waals surface area contributed by atoms with Crippen molar-refractivity contribution in [2.75, 3.05) is 17.2 Å². The standard InChI is InChI=1S/C15H17ClF3N5/c1-9(2)5-6-20-13-8-21-24-14(23-13)22-10-3-4-12(16)11(7-10)15(17,18)19/h3-4,7-9H,5-6H2,1-2H3,(H2,20,22,23,24). The third-order valence-corrected chi connectivity index (χ3v) is 3.44. The SMILES string of the molecule is CC(C)CCNc1cnnc(Nc2ccc(Cl)c(C(F)(F)F)c2)n1. The Labute approximate surface area is 142 Å². The van der Waals surface area contributed by atoms with Crippen LogP contribution in [0.2, 0.25) is 5.02 Å². The van der Waals surface area contributed by atoms with Crippen molar-refractivity contribution >= 4 is 29.1 Å². The molecule has 0 fully saturated rings. The second-order valence-electron chi connectivity index (χ2n) is 5.59. The van der Waals surface area contributed by atoms with Crippen LogP contribution in [0.1, 0.15) is 25.8 Å². The van der Waals surface area contributed by atoms with E-state index in [0.717, 1.165) is 19.0 Å². The van der Waals surface area contributed by atoms with Crippen LogP contribution in [0.5, 0.6) is 0 Å². The third-order valence-electron chi connectivity index (χ3n) is 3.11. The van der Waals surface area contributed by atoms with E-state index in [1.165, 1.54) is 18.3 Å². The number of halogens is 4. The summed E-state index contributed by atoms with van der Waals surface area (Å²) in [7, 11) is 0. The lowest BCUT2D eigenvalue weighted by molar-refractivity contribution is -0.137. The highest BCUT2D eigenvalue weighted by Gasteiger charge is 2.33. The lowest BCUT2D eigenvalue weighted by Crippen LogP contribution is -2.09. The minimum atomic E-state index is -4.53. The fourth-order valence-electron chi connectivity index (χ4n) is 1.88. The maximum Gasteiger partial charge on any atom is 0.417 e. The predicted octanol–water partition coefficient (Wildman–Crippen LogP) is 4.75. The average Bonchev–Trinajstić information content (AvgIpc) is 2.48. The second-order valence-corrected chi connectivity index (χ2v) is 6.00. The number of nitrogens with zero attached hydrogens (tertiary/aromatic N) is 3. The van der Waals surface area contributed by atoms with Crippen molar-refractivity contribution in [3.8, 4) is 0 Å². The van der Waals surface area contributed by atoms with Gasteiger partial charge < -0.3 is 10.6 Å². The molecular formula is C15H17ClF3N5. The Bertz CT molecular complexity index is 691. The smallest absolute Gasteiger partial charge is 0.369 e. The lowest BCUT2D eigenvalue weighted by atomic mass is 10.1. The molecule has 2 rings (SSSR count). The number of nitrogens with one attached hydrogen (secondary N) is 2. The van der Waals surface area contributed by atoms with Crippen LogP contribution in [0, 0.1) is 5.92 Å². The Morgan fingerprint density at radius 2 is 2.00 bits per heavy atom. The molecule has 0 saturated carbocycles. The van der Waals surface area contributed by atoms with Crippen molar-refractivity contribution in [3.63, 3.8) is 0 Å². The van der Waals surface area contributed by atoms with Crippen molar-refractivity contribution in [3.05, 3.63) is 35.0 Å². The summed E-state index contributed by atoms with van der Waals surface area (Å²) in [4.78, 5) is 4.17. The number of anilines is 3. The molecule has 0 aliphatic heterocycles. The zero-order chi connectivity index (χ0) is 17.7. The molecule has 0 bridgehead atoms. The highest BCUT2D eigenvalue weighted by molar-refractivity contribution is 6.31. The zero-order valence-electron chi connectivity index (χ0n) is 13.2. The Balaban J connectivity index is 2.11. The second kappa shape index (κ2) is 7.65. The summed E-state index contributed by atoms with van der Waals surface area (Å²) in [5, 5.41) is 13.0. The van der Waals surface area contributed by atoms with Crippen molar-refractivity contribution < 1.29 is 13.2 Å². The summed E-state index contributed by atoms with van der Waals surface area (Å²) in [5.74, 6) is 1.14. The zero-order valence-corrected chi connectivity index (χ0v) is 13.9. The monoisotopic (exact) mass is 359 g/mol. The Kier molecular flexibility index (Phi) is 5.82. The quantitative estimate of drug-likeness (QED) is 0.779. The number of rotatable bonds is 6. The van der Waals surface area contributed by atoms with Crippen LogP contribution in [-0.2, 0) is 6.18 Å². The van der Waals surface area contributed by atoms with Gasteiger partial charge in [0, 0.05) is 12.2 Å². The summed E-state index contributed by atoms with van der Waals surface area (Å²) in [6, 6.07) is 3.50. The summed E-state index contributed by atoms with van der Waals surface area (Å²) < 4.78 is 38.6. The number of alkyl halides is 3. The van der Waals surface area contributed by atoms with Gasteiger partial charge in [0.05, 0.1) is 16.8 Å². The Morgan fingerprint density at radius 3 is 2.67 bits per heavy atom. The predicted molar refractivity (Wildman–Crippen MR) is 87.5 cm³/mol. The first-order valence-corrected chi connectivity index (χ1v) is 7.71. The van der Waals surface area contributed by atoms with Crippen LogP contribution in [0.25, 0.3) is 0 Å². The minimum absolute atomic E-state index is 0.0972. The molecule has 0 saturated heterocycles. The van der Waals surface area contributed by atoms with Gasteiger partial charge in [0.25, 0.3) is 0 Å². The van der Waals surface area contributed by atoms with Crippen molar-refractivity contribution in [1.82, 2.24) is 15.2 Å². The average molecular weight is 360 g/mol. The maximum atomic E-state index is 12.9. The molecule has 24 heavy (non-hydrogen) atoms. The van der Waals surface area contributed by atoms with E-state index in [1.807, 2.05) is 0 Å². The molecule has 2 aromatic rings. The molecule has 1 heterocycles. The van der Waals surface area contributed by atoms with Gasteiger partial charge in [-0.1, -0.05) is 25.4 Å². The normalized spacial score (nSPS) is 11.6. The fraction of sp³-hybridized carbons (Fsp3) is 0.400. The molecule has 0 unspecified atom stereocenters. The fourth-order valence-corrected chi connectivity index (χ4v) is 2.10. The lowest BCUT2D eigenvalue weighted by Gasteiger charge is -2.12. The van der Waals surface area contributed by atoms with Gasteiger partial charge in [-0.15, -0.1) is 5.10 Å². The summed E-state index contributed by atoms with van der Waals surface area (Å²) >= 11 is 5.59. The van der Waals surface area contributed by atoms with Gasteiger partial charge in [-0.3, -0.25) is 0 Å². The van der Waals surface area contributed by atoms with E-state index in [4.69, 9.17) is 11.6 Å². The minimum Gasteiger partial charge on any atom is -0.369 e. The molecule has 0 amide bonds. The molecule has 1 aromatic carbocycles. The first kappa shape index (κ1) is 18.3. The largest absolute Gasteiger partial charge is 0.417 e. The number of hydrogen-bond donors (Lipinski definition) is 2. The molecule has 5 nitrogen and oxygen atoms in total. The van der Waals surface area contributed by atoms with Gasteiger partial charge in [0.15, 0.2) is 5.82 Å². The Morgan fingerprint density at radius 1 is 1.25 bits per heavy atom. The summed E-state index contributed by atoms with van der Waals surface area (Å²) in [5.41, 5.74) is -0.749. The van der Waals surface area contributed by atoms with Crippen LogP contribution in [-0.4, -0.2) is 21.7 Å². The van der Waals surface area contributed by atoms with E-state index in [1.54, 1.807) is 0 Å². The van der Waals surface area contributed by atoms with Crippen LogP contribution in [0.4, 0.5) is 30.6 Å². The number of benzene rings is 1. The molecular weight excluding hydrogens is 343 g/mol. The van der Waals surface area contributed by atoms with Gasteiger partial charge in [0.1, 0.15) is 0 Å². The molecule has 2 N–H and O–H groups in total. The number of aromatic nitrogens is 3. The maximum absolute atomic E-state index is 12.9. The molecule has 0 atom stereocenters. The molecule has 0 radical (unpaired) electrons. The van der Waals surface area contributed by atoms with Gasteiger partial charge in [0.2, 0.25) is 5.95 Å². The van der Waals surface area contributed by atoms with E-state index >= 15 is 0 Å². The van der Waals surface area contributed by atoms with Crippen LogP contribution < -0.4 is 10.6 Å². The van der Waals surface area contributed by atoms with Gasteiger partial charge >= 0.3 is 6.18 Å². The van der Waals surface area contributed by atoms with Crippen molar-refractivity contribution in [2.24, 2.45) is 5.92 Å². The summed E-state index contributed by atoms with van der Waals surface area (Å²) in [6.07, 6.45) is -2.12. The molecule has 0 aliphatic rings. The highest BCUT2D eigenvalue weighted by atomic mass is 35.5. The van der Waals surface area contributed by atoms with E-state index in [0.29, 0.717) is 11.7 Å². The third kappa shape index (κ3) is 5.23. The van der Waals surface area contributed by atoms with Crippen LogP contribution >= 0.6 is 11.6 Å². The van der Waals surface area contributed by atoms with Gasteiger partial charge in [-0.2, -0.15) is 23.3 Å². The topological polar surface area (TPSA) is 62.7 Å². The first-order chi connectivity index (χ1) is 11.3. The van der Waals surface area contributed by atoms with Gasteiger partial charge in [-0.05, 0) is 30.5 Å². The molecule has 130 valence electrons. The molecule has 0 spiro atoms. The van der Waals surface area contributed by atoms with Gasteiger partial charge in [-0.25, -0.2) is 0 Å². The first-order valence-electron chi connectivity index (χ1n) is 7.33. The Hall–Kier alpha value is -2.09. The van der Waals surface area contributed by atoms with Crippen LogP contribution in [0.15, 0.2) is 24.4 Å². The molecule has 9 heteroatoms. The highest BCUT2D eigenvalue weighted by Crippen LogP contribution is 2.36. The van der Waals surface area contributed by atoms with Crippen LogP contribution in [0.3, 0.4) is 0 Å². The van der Waals surface area contributed by atoms with E-state index in [9.17, 15) is 13.2 Å². The molecule has 0 aliphatic carbocycles. The summed E-state index contributed by atoms with van der Waals surface area (Å²) in [6.45, 7) is 4.92. The van der Waals surface area contributed by atoms with E-state index in [-0.39, 0.29) is 16.7 Å².